The van der Waals surface area contributed by atoms with Crippen LogP contribution in [0.2, 0.25) is 0 Å². The van der Waals surface area contributed by atoms with Crippen LogP contribution in [0, 0.1) is 38.5 Å². The van der Waals surface area contributed by atoms with Crippen LogP contribution < -0.4 is 22.1 Å². The van der Waals surface area contributed by atoms with Gasteiger partial charge in [-0.1, -0.05) is 41.5 Å². The van der Waals surface area contributed by atoms with Gasteiger partial charge in [0.2, 0.25) is 0 Å². The second-order valence-corrected chi connectivity index (χ2v) is 15.7. The van der Waals surface area contributed by atoms with Crippen LogP contribution in [0.1, 0.15) is 117 Å². The van der Waals surface area contributed by atoms with E-state index in [0.717, 1.165) is 58.0 Å². The van der Waals surface area contributed by atoms with Gasteiger partial charge in [0.1, 0.15) is 17.9 Å². The molecule has 0 aliphatic carbocycles. The molecule has 0 aliphatic rings. The van der Waals surface area contributed by atoms with Crippen molar-refractivity contribution in [1.82, 2.24) is 19.9 Å². The molecular weight excluding hydrogens is 536 g/mol. The zero-order valence-corrected chi connectivity index (χ0v) is 29.7. The highest BCUT2D eigenvalue weighted by Crippen LogP contribution is 2.35. The number of ether oxygens (including phenoxy) is 1. The number of fused-ring (bicyclic) bond motifs is 1. The molecule has 0 bridgehead atoms. The summed E-state index contributed by atoms with van der Waals surface area (Å²) in [6, 6.07) is 0. The van der Waals surface area contributed by atoms with Gasteiger partial charge >= 0.3 is 0 Å². The summed E-state index contributed by atoms with van der Waals surface area (Å²) < 4.78 is 5.49. The zero-order valence-electron chi connectivity index (χ0n) is 29.7. The van der Waals surface area contributed by atoms with E-state index in [1.54, 1.807) is 0 Å². The maximum absolute atomic E-state index is 6.07. The number of hydrogen-bond acceptors (Lipinski definition) is 8. The summed E-state index contributed by atoms with van der Waals surface area (Å²) in [5, 5.41) is 7.07. The average Bonchev–Trinajstić information content (AvgIpc) is 3.25. The molecule has 3 heterocycles. The zero-order chi connectivity index (χ0) is 33.1. The molecule has 0 spiro atoms. The van der Waals surface area contributed by atoms with Crippen LogP contribution in [0.5, 0.6) is 0 Å². The second-order valence-electron chi connectivity index (χ2n) is 15.7. The van der Waals surface area contributed by atoms with E-state index in [2.05, 4.69) is 96.8 Å². The van der Waals surface area contributed by atoms with Crippen molar-refractivity contribution in [3.05, 3.63) is 28.3 Å². The number of nitrogens with two attached hydrogens (primary N) is 2. The number of rotatable bonds is 9. The first-order valence-corrected chi connectivity index (χ1v) is 15.5. The molecule has 0 aromatic carbocycles. The summed E-state index contributed by atoms with van der Waals surface area (Å²) in [6.45, 7) is 33.4. The highest BCUT2D eigenvalue weighted by molar-refractivity contribution is 5.89. The Hall–Kier alpha value is -3.07. The second kappa shape index (κ2) is 13.3. The maximum Gasteiger partial charge on any atom is 0.152 e. The average molecular weight is 597 g/mol. The number of H-pyrrole nitrogens is 1. The van der Waals surface area contributed by atoms with E-state index in [4.69, 9.17) is 26.2 Å². The van der Waals surface area contributed by atoms with Gasteiger partial charge in [-0.25, -0.2) is 15.0 Å². The number of nitrogens with one attached hydrogen (secondary N) is 3. The molecule has 0 amide bonds. The van der Waals surface area contributed by atoms with E-state index in [0.29, 0.717) is 30.4 Å². The normalized spacial score (nSPS) is 12.7. The molecular formula is C34H60N8O. The molecule has 0 atom stereocenters. The monoisotopic (exact) mass is 596 g/mol. The predicted octanol–water partition coefficient (Wildman–Crippen LogP) is 8.23. The Labute approximate surface area is 260 Å². The lowest BCUT2D eigenvalue weighted by molar-refractivity contribution is 0.129. The minimum Gasteiger partial charge on any atom is -0.397 e. The number of pyridine rings is 2. The van der Waals surface area contributed by atoms with Gasteiger partial charge in [-0.2, -0.15) is 0 Å². The summed E-state index contributed by atoms with van der Waals surface area (Å²) in [5.74, 6) is 2.41. The number of anilines is 4. The van der Waals surface area contributed by atoms with Crippen LogP contribution in [0.3, 0.4) is 0 Å². The molecule has 0 fully saturated rings. The molecule has 3 rings (SSSR count). The van der Waals surface area contributed by atoms with Gasteiger partial charge in [0, 0.05) is 29.1 Å². The molecule has 0 saturated carbocycles. The number of aromatic amines is 1. The summed E-state index contributed by atoms with van der Waals surface area (Å²) in [4.78, 5) is 17.4. The van der Waals surface area contributed by atoms with Gasteiger partial charge < -0.3 is 31.8 Å². The lowest BCUT2D eigenvalue weighted by Gasteiger charge is -2.34. The van der Waals surface area contributed by atoms with Gasteiger partial charge in [0.25, 0.3) is 0 Å². The predicted molar refractivity (Wildman–Crippen MR) is 185 cm³/mol. The van der Waals surface area contributed by atoms with Gasteiger partial charge in [-0.15, -0.1) is 0 Å². The Bertz CT molecular complexity index is 1390. The molecule has 7 N–H and O–H groups in total. The molecule has 9 nitrogen and oxygen atoms in total. The number of hydrogen-bond donors (Lipinski definition) is 5. The largest absolute Gasteiger partial charge is 0.397 e. The topological polar surface area (TPSA) is 140 Å². The first-order valence-electron chi connectivity index (χ1n) is 15.5. The highest BCUT2D eigenvalue weighted by Gasteiger charge is 2.28. The van der Waals surface area contributed by atoms with Crippen LogP contribution in [-0.4, -0.2) is 37.6 Å². The molecule has 0 radical (unpaired) electrons. The molecule has 3 aromatic rings. The summed E-state index contributed by atoms with van der Waals surface area (Å²) in [6.07, 6.45) is 2.05. The molecule has 9 heteroatoms. The molecule has 0 saturated heterocycles. The van der Waals surface area contributed by atoms with E-state index < -0.39 is 0 Å². The minimum atomic E-state index is -0.0898. The number of aromatic nitrogens is 4. The van der Waals surface area contributed by atoms with Crippen LogP contribution in [-0.2, 0) is 11.3 Å². The van der Waals surface area contributed by atoms with Crippen molar-refractivity contribution in [2.45, 2.75) is 134 Å². The fourth-order valence-corrected chi connectivity index (χ4v) is 6.01. The molecule has 0 aliphatic heterocycles. The number of nitrogens with zero attached hydrogens (tertiary/aromatic N) is 3. The first kappa shape index (κ1) is 36.1. The van der Waals surface area contributed by atoms with Gasteiger partial charge in [-0.3, -0.25) is 0 Å². The number of imidazole rings is 1. The van der Waals surface area contributed by atoms with E-state index in [1.165, 1.54) is 0 Å². The molecule has 242 valence electrons. The van der Waals surface area contributed by atoms with Crippen molar-refractivity contribution in [1.29, 1.82) is 0 Å². The third-order valence-electron chi connectivity index (χ3n) is 7.24. The molecule has 3 aromatic heterocycles. The Morgan fingerprint density at radius 3 is 1.63 bits per heavy atom. The number of aryl methyl sites for hydroxylation is 3. The van der Waals surface area contributed by atoms with E-state index in [1.807, 2.05) is 27.7 Å². The summed E-state index contributed by atoms with van der Waals surface area (Å²) in [5.41, 5.74) is 19.5. The summed E-state index contributed by atoms with van der Waals surface area (Å²) >= 11 is 0. The fraction of sp³-hybridized carbons (Fsp3) is 0.676. The Balaban J connectivity index is 0.000000309. The van der Waals surface area contributed by atoms with Crippen molar-refractivity contribution in [2.75, 3.05) is 28.7 Å². The van der Waals surface area contributed by atoms with E-state index in [9.17, 15) is 0 Å². The smallest absolute Gasteiger partial charge is 0.152 e. The standard InChI is InChI=1S/C19H32N4O.C15H28N4/c1-9-24-10-14-21-15-12(2)13(3)20-17(16(15)22-14)23-19(7,8)11-18(4,5)6;1-9-10(2)18-13(12(17)11(9)16)19-15(6,7)8-14(3,4)5/h9-11H2,1-8H3,(H,20,23)(H,21,22);8,17H2,1-7H3,(H3,16,18,19). The van der Waals surface area contributed by atoms with Gasteiger partial charge in [0.15, 0.2) is 11.6 Å². The van der Waals surface area contributed by atoms with E-state index in [-0.39, 0.29) is 21.9 Å². The fourth-order valence-electron chi connectivity index (χ4n) is 6.01. The highest BCUT2D eigenvalue weighted by atomic mass is 16.5. The number of nitrogen functional groups attached to an aromatic ring is 2. The quantitative estimate of drug-likeness (QED) is 0.166. The van der Waals surface area contributed by atoms with Crippen molar-refractivity contribution < 1.29 is 4.74 Å². The van der Waals surface area contributed by atoms with Crippen molar-refractivity contribution in [2.24, 2.45) is 10.8 Å². The van der Waals surface area contributed by atoms with E-state index >= 15 is 0 Å². The van der Waals surface area contributed by atoms with Crippen molar-refractivity contribution in [3.63, 3.8) is 0 Å². The van der Waals surface area contributed by atoms with Crippen LogP contribution >= 0.6 is 0 Å². The van der Waals surface area contributed by atoms with Crippen LogP contribution in [0.4, 0.5) is 23.0 Å². The Morgan fingerprint density at radius 1 is 0.674 bits per heavy atom. The lowest BCUT2D eigenvalue weighted by atomic mass is 9.82. The Morgan fingerprint density at radius 2 is 1.14 bits per heavy atom. The van der Waals surface area contributed by atoms with Gasteiger partial charge in [-0.05, 0) is 97.1 Å². The van der Waals surface area contributed by atoms with Crippen molar-refractivity contribution in [3.8, 4) is 0 Å². The summed E-state index contributed by atoms with van der Waals surface area (Å²) in [7, 11) is 0. The molecule has 43 heavy (non-hydrogen) atoms. The SMILES string of the molecule is CCOCc1nc2c(C)c(C)nc(NC(C)(C)CC(C)(C)C)c2[nH]1.Cc1nc(NC(C)(C)CC(C)(C)C)c(N)c(N)c1C. The Kier molecular flexibility index (Phi) is 11.2. The lowest BCUT2D eigenvalue weighted by Crippen LogP contribution is -2.36. The minimum absolute atomic E-state index is 0.0644. The van der Waals surface area contributed by atoms with Crippen molar-refractivity contribution >= 4 is 34.0 Å². The third-order valence-corrected chi connectivity index (χ3v) is 7.24. The van der Waals surface area contributed by atoms with Crippen LogP contribution in [0.15, 0.2) is 0 Å². The van der Waals surface area contributed by atoms with Crippen LogP contribution in [0.25, 0.3) is 11.0 Å². The van der Waals surface area contributed by atoms with Gasteiger partial charge in [0.05, 0.1) is 16.9 Å². The molecule has 0 unspecified atom stereocenters. The first-order chi connectivity index (χ1) is 19.4. The third kappa shape index (κ3) is 10.6. The maximum atomic E-state index is 6.07.